The van der Waals surface area contributed by atoms with E-state index in [1.807, 2.05) is 43.4 Å². The van der Waals surface area contributed by atoms with Gasteiger partial charge in [0.15, 0.2) is 0 Å². The van der Waals surface area contributed by atoms with Crippen LogP contribution in [0.4, 0.5) is 0 Å². The molecule has 0 heterocycles. The Hall–Kier alpha value is -0.740. The summed E-state index contributed by atoms with van der Waals surface area (Å²) in [5.41, 5.74) is 2.11. The van der Waals surface area contributed by atoms with E-state index in [1.54, 1.807) is 7.11 Å². The number of nitrogens with one attached hydrogen (secondary N) is 1. The second kappa shape index (κ2) is 6.81. The molecule has 0 amide bonds. The highest BCUT2D eigenvalue weighted by molar-refractivity contribution is 9.10. The largest absolute Gasteiger partial charge is 0.495 e. The fourth-order valence-corrected chi connectivity index (χ4v) is 2.94. The number of methoxy groups -OCH3 is 1. The summed E-state index contributed by atoms with van der Waals surface area (Å²) >= 11 is 15.7. The lowest BCUT2D eigenvalue weighted by Gasteiger charge is -2.20. The first-order chi connectivity index (χ1) is 9.56. The quantitative estimate of drug-likeness (QED) is 0.806. The van der Waals surface area contributed by atoms with Crippen molar-refractivity contribution in [3.8, 4) is 5.75 Å². The van der Waals surface area contributed by atoms with Crippen molar-refractivity contribution in [1.82, 2.24) is 5.32 Å². The van der Waals surface area contributed by atoms with Crippen molar-refractivity contribution in [2.45, 2.75) is 6.04 Å². The molecule has 0 fully saturated rings. The van der Waals surface area contributed by atoms with Crippen LogP contribution in [0, 0.1) is 0 Å². The molecule has 0 saturated heterocycles. The summed E-state index contributed by atoms with van der Waals surface area (Å²) < 4.78 is 6.27. The highest BCUT2D eigenvalue weighted by Crippen LogP contribution is 2.34. The first-order valence-corrected chi connectivity index (χ1v) is 7.57. The molecule has 0 radical (unpaired) electrons. The molecule has 2 nitrogen and oxygen atoms in total. The van der Waals surface area contributed by atoms with Crippen LogP contribution in [0.3, 0.4) is 0 Å². The van der Waals surface area contributed by atoms with Gasteiger partial charge in [-0.25, -0.2) is 0 Å². The summed E-state index contributed by atoms with van der Waals surface area (Å²) in [6, 6.07) is 11.5. The number of rotatable bonds is 4. The van der Waals surface area contributed by atoms with Gasteiger partial charge in [0.2, 0.25) is 0 Å². The molecule has 0 aliphatic heterocycles. The Balaban J connectivity index is 2.49. The molecule has 0 bridgehead atoms. The molecule has 106 valence electrons. The Morgan fingerprint density at radius 1 is 1.15 bits per heavy atom. The average Bonchev–Trinajstić information content (AvgIpc) is 2.45. The van der Waals surface area contributed by atoms with E-state index < -0.39 is 0 Å². The van der Waals surface area contributed by atoms with Crippen LogP contribution >= 0.6 is 39.1 Å². The molecule has 2 rings (SSSR count). The monoisotopic (exact) mass is 373 g/mol. The van der Waals surface area contributed by atoms with Crippen molar-refractivity contribution in [3.63, 3.8) is 0 Å². The van der Waals surface area contributed by atoms with Crippen molar-refractivity contribution in [2.24, 2.45) is 0 Å². The van der Waals surface area contributed by atoms with E-state index in [9.17, 15) is 0 Å². The minimum absolute atomic E-state index is 0.00533. The van der Waals surface area contributed by atoms with E-state index in [2.05, 4.69) is 21.2 Å². The number of halogens is 3. The van der Waals surface area contributed by atoms with Crippen LogP contribution in [-0.2, 0) is 0 Å². The molecule has 2 aromatic rings. The van der Waals surface area contributed by atoms with Gasteiger partial charge in [-0.3, -0.25) is 0 Å². The van der Waals surface area contributed by atoms with E-state index in [0.717, 1.165) is 15.6 Å². The van der Waals surface area contributed by atoms with Gasteiger partial charge in [-0.2, -0.15) is 0 Å². The smallest absolute Gasteiger partial charge is 0.137 e. The third kappa shape index (κ3) is 3.29. The third-order valence-electron chi connectivity index (χ3n) is 3.07. The molecule has 0 spiro atoms. The standard InChI is InChI=1S/C15H14BrCl2NO/c1-19-15(11-8-10(17)4-5-12(11)16)9-3-6-13(18)14(7-9)20-2/h3-8,15,19H,1-2H3. The second-order valence-electron chi connectivity index (χ2n) is 4.28. The zero-order chi connectivity index (χ0) is 14.7. The summed E-state index contributed by atoms with van der Waals surface area (Å²) in [5.74, 6) is 0.655. The van der Waals surface area contributed by atoms with Crippen LogP contribution in [0.1, 0.15) is 17.2 Å². The first-order valence-electron chi connectivity index (χ1n) is 6.02. The van der Waals surface area contributed by atoms with Crippen LogP contribution in [-0.4, -0.2) is 14.2 Å². The SMILES string of the molecule is CNC(c1ccc(Cl)c(OC)c1)c1cc(Cl)ccc1Br. The van der Waals surface area contributed by atoms with Crippen molar-refractivity contribution in [3.05, 3.63) is 62.0 Å². The summed E-state index contributed by atoms with van der Waals surface area (Å²) in [4.78, 5) is 0. The van der Waals surface area contributed by atoms with Crippen LogP contribution < -0.4 is 10.1 Å². The number of hydrogen-bond acceptors (Lipinski definition) is 2. The van der Waals surface area contributed by atoms with Crippen LogP contribution in [0.5, 0.6) is 5.75 Å². The lowest BCUT2D eigenvalue weighted by Crippen LogP contribution is -2.18. The molecule has 20 heavy (non-hydrogen) atoms. The highest BCUT2D eigenvalue weighted by Gasteiger charge is 2.17. The highest BCUT2D eigenvalue weighted by atomic mass is 79.9. The maximum atomic E-state index is 6.09. The van der Waals surface area contributed by atoms with Crippen LogP contribution in [0.2, 0.25) is 10.0 Å². The molecule has 2 aromatic carbocycles. The van der Waals surface area contributed by atoms with Crippen molar-refractivity contribution in [2.75, 3.05) is 14.2 Å². The molecule has 5 heteroatoms. The summed E-state index contributed by atoms with van der Waals surface area (Å²) in [6.45, 7) is 0. The first kappa shape index (κ1) is 15.6. The number of benzene rings is 2. The molecule has 0 saturated carbocycles. The van der Waals surface area contributed by atoms with Gasteiger partial charge < -0.3 is 10.1 Å². The summed E-state index contributed by atoms with van der Waals surface area (Å²) in [7, 11) is 3.51. The molecular formula is C15H14BrCl2NO. The van der Waals surface area contributed by atoms with Gasteiger partial charge in [0, 0.05) is 9.50 Å². The predicted octanol–water partition coefficient (Wildman–Crippen LogP) is 5.07. The maximum absolute atomic E-state index is 6.09. The summed E-state index contributed by atoms with van der Waals surface area (Å²) in [5, 5.41) is 4.58. The van der Waals surface area contributed by atoms with Gasteiger partial charge in [-0.1, -0.05) is 45.2 Å². The number of hydrogen-bond donors (Lipinski definition) is 1. The normalized spacial score (nSPS) is 12.2. The fourth-order valence-electron chi connectivity index (χ4n) is 2.09. The van der Waals surface area contributed by atoms with Gasteiger partial charge in [-0.15, -0.1) is 0 Å². The molecule has 0 aromatic heterocycles. The van der Waals surface area contributed by atoms with Crippen LogP contribution in [0.25, 0.3) is 0 Å². The second-order valence-corrected chi connectivity index (χ2v) is 5.98. The van der Waals surface area contributed by atoms with Crippen molar-refractivity contribution in [1.29, 1.82) is 0 Å². The Kier molecular flexibility index (Phi) is 5.33. The Bertz CT molecular complexity index is 619. The molecule has 1 unspecified atom stereocenters. The zero-order valence-electron chi connectivity index (χ0n) is 11.1. The van der Waals surface area contributed by atoms with Gasteiger partial charge in [0.1, 0.15) is 5.75 Å². The molecule has 0 aliphatic carbocycles. The van der Waals surface area contributed by atoms with E-state index in [0.29, 0.717) is 15.8 Å². The van der Waals surface area contributed by atoms with E-state index >= 15 is 0 Å². The zero-order valence-corrected chi connectivity index (χ0v) is 14.2. The van der Waals surface area contributed by atoms with E-state index in [-0.39, 0.29) is 6.04 Å². The van der Waals surface area contributed by atoms with Crippen LogP contribution in [0.15, 0.2) is 40.9 Å². The van der Waals surface area contributed by atoms with Gasteiger partial charge in [0.05, 0.1) is 18.2 Å². The molecule has 0 aliphatic rings. The van der Waals surface area contributed by atoms with E-state index in [1.165, 1.54) is 0 Å². The van der Waals surface area contributed by atoms with E-state index in [4.69, 9.17) is 27.9 Å². The molecular weight excluding hydrogens is 361 g/mol. The fraction of sp³-hybridized carbons (Fsp3) is 0.200. The Morgan fingerprint density at radius 3 is 2.55 bits per heavy atom. The topological polar surface area (TPSA) is 21.3 Å². The Labute approximate surface area is 137 Å². The van der Waals surface area contributed by atoms with Gasteiger partial charge in [-0.05, 0) is 48.5 Å². The minimum Gasteiger partial charge on any atom is -0.495 e. The van der Waals surface area contributed by atoms with Gasteiger partial charge in [0.25, 0.3) is 0 Å². The van der Waals surface area contributed by atoms with Crippen molar-refractivity contribution < 1.29 is 4.74 Å². The summed E-state index contributed by atoms with van der Waals surface area (Å²) in [6.07, 6.45) is 0. The maximum Gasteiger partial charge on any atom is 0.137 e. The Morgan fingerprint density at radius 2 is 1.90 bits per heavy atom. The third-order valence-corrected chi connectivity index (χ3v) is 4.34. The molecule has 1 N–H and O–H groups in total. The molecule has 1 atom stereocenters. The van der Waals surface area contributed by atoms with Crippen molar-refractivity contribution >= 4 is 39.1 Å². The average molecular weight is 375 g/mol. The number of ether oxygens (including phenoxy) is 1. The van der Waals surface area contributed by atoms with Gasteiger partial charge >= 0.3 is 0 Å². The lowest BCUT2D eigenvalue weighted by atomic mass is 9.98. The minimum atomic E-state index is -0.00533. The lowest BCUT2D eigenvalue weighted by molar-refractivity contribution is 0.414. The predicted molar refractivity (Wildman–Crippen MR) is 88.1 cm³/mol.